The Morgan fingerprint density at radius 2 is 1.17 bits per heavy atom. The molecule has 0 amide bonds. The highest BCUT2D eigenvalue weighted by molar-refractivity contribution is 7.99. The molecule has 0 aliphatic heterocycles. The summed E-state index contributed by atoms with van der Waals surface area (Å²) in [6, 6.07) is 24.2. The predicted octanol–water partition coefficient (Wildman–Crippen LogP) is 7.92. The summed E-state index contributed by atoms with van der Waals surface area (Å²) >= 11 is 1.65. The summed E-state index contributed by atoms with van der Waals surface area (Å²) in [7, 11) is 0. The van der Waals surface area contributed by atoms with Crippen molar-refractivity contribution < 1.29 is 28.5 Å². The van der Waals surface area contributed by atoms with Crippen molar-refractivity contribution in [3.63, 3.8) is 0 Å². The van der Waals surface area contributed by atoms with Crippen LogP contribution < -0.4 is 9.47 Å². The van der Waals surface area contributed by atoms with Gasteiger partial charge >= 0.3 is 11.9 Å². The molecule has 4 rings (SSSR count). The van der Waals surface area contributed by atoms with Crippen LogP contribution in [-0.4, -0.2) is 37.4 Å². The minimum absolute atomic E-state index is 0.181. The van der Waals surface area contributed by atoms with Gasteiger partial charge < -0.3 is 18.9 Å². The van der Waals surface area contributed by atoms with Gasteiger partial charge in [0.1, 0.15) is 36.9 Å². The van der Waals surface area contributed by atoms with E-state index in [4.69, 9.17) is 18.9 Å². The summed E-state index contributed by atoms with van der Waals surface area (Å²) in [5.74, 6) is 0.390. The molecule has 0 saturated carbocycles. The molecule has 41 heavy (non-hydrogen) atoms. The monoisotopic (exact) mass is 570 g/mol. The number of ether oxygens (including phenoxy) is 4. The summed E-state index contributed by atoms with van der Waals surface area (Å²) in [6.45, 7) is 11.2. The molecular weight excluding hydrogens is 536 g/mol. The van der Waals surface area contributed by atoms with E-state index < -0.39 is 24.1 Å². The van der Waals surface area contributed by atoms with Crippen molar-refractivity contribution in [3.05, 3.63) is 98.1 Å². The van der Waals surface area contributed by atoms with Gasteiger partial charge in [-0.05, 0) is 43.2 Å². The van der Waals surface area contributed by atoms with Gasteiger partial charge in [-0.1, -0.05) is 81.2 Å². The maximum absolute atomic E-state index is 11.9. The first-order chi connectivity index (χ1) is 20.0. The molecule has 7 heteroatoms. The minimum atomic E-state index is -0.483. The summed E-state index contributed by atoms with van der Waals surface area (Å²) in [4.78, 5) is 25.8. The highest BCUT2D eigenvalue weighted by atomic mass is 32.2. The van der Waals surface area contributed by atoms with Gasteiger partial charge in [-0.25, -0.2) is 9.59 Å². The zero-order valence-corrected chi connectivity index (χ0v) is 24.2. The van der Waals surface area contributed by atoms with Crippen LogP contribution in [0.15, 0.2) is 108 Å². The second-order valence-corrected chi connectivity index (χ2v) is 10.4. The van der Waals surface area contributed by atoms with Gasteiger partial charge in [-0.15, -0.1) is 0 Å². The fourth-order valence-corrected chi connectivity index (χ4v) is 5.20. The lowest BCUT2D eigenvalue weighted by atomic mass is 10.0. The number of carbonyl (C=O) groups excluding carboxylic acids is 2. The average Bonchev–Trinajstić information content (AvgIpc) is 3.01. The zero-order valence-electron chi connectivity index (χ0n) is 23.3. The third kappa shape index (κ3) is 7.50. The molecule has 0 N–H and O–H groups in total. The summed E-state index contributed by atoms with van der Waals surface area (Å²) in [5, 5.41) is 3.44. The Kier molecular flexibility index (Phi) is 10.5. The van der Waals surface area contributed by atoms with E-state index in [1.807, 2.05) is 62.4 Å². The molecule has 6 nitrogen and oxygen atoms in total. The average molecular weight is 571 g/mol. The third-order valence-corrected chi connectivity index (χ3v) is 7.51. The van der Waals surface area contributed by atoms with Crippen molar-refractivity contribution in [1.82, 2.24) is 0 Å². The number of esters is 2. The predicted molar refractivity (Wildman–Crippen MR) is 164 cm³/mol. The van der Waals surface area contributed by atoms with E-state index in [2.05, 4.69) is 37.4 Å². The summed E-state index contributed by atoms with van der Waals surface area (Å²) < 4.78 is 23.8. The molecule has 0 aliphatic rings. The molecule has 2 atom stereocenters. The van der Waals surface area contributed by atoms with Crippen LogP contribution in [0.3, 0.4) is 0 Å². The van der Waals surface area contributed by atoms with Gasteiger partial charge in [0.25, 0.3) is 0 Å². The second kappa shape index (κ2) is 14.4. The van der Waals surface area contributed by atoms with Crippen LogP contribution >= 0.6 is 11.8 Å². The first-order valence-corrected chi connectivity index (χ1v) is 14.4. The van der Waals surface area contributed by atoms with Gasteiger partial charge in [-0.2, -0.15) is 0 Å². The molecule has 0 spiro atoms. The third-order valence-electron chi connectivity index (χ3n) is 6.51. The maximum Gasteiger partial charge on any atom is 0.330 e. The molecule has 0 radical (unpaired) electrons. The summed E-state index contributed by atoms with van der Waals surface area (Å²) in [5.41, 5.74) is 0. The van der Waals surface area contributed by atoms with E-state index in [9.17, 15) is 9.59 Å². The molecule has 4 aromatic carbocycles. The fourth-order valence-electron chi connectivity index (χ4n) is 4.33. The van der Waals surface area contributed by atoms with Crippen molar-refractivity contribution in [2.24, 2.45) is 0 Å². The molecule has 2 unspecified atom stereocenters. The molecule has 0 saturated heterocycles. The highest BCUT2D eigenvalue weighted by Gasteiger charge is 2.21. The largest absolute Gasteiger partial charge is 0.488 e. The van der Waals surface area contributed by atoms with Gasteiger partial charge in [-0.3, -0.25) is 0 Å². The lowest BCUT2D eigenvalue weighted by Gasteiger charge is -2.22. The maximum atomic E-state index is 11.9. The van der Waals surface area contributed by atoms with Crippen molar-refractivity contribution in [3.8, 4) is 11.5 Å². The van der Waals surface area contributed by atoms with Gasteiger partial charge in [0.15, 0.2) is 0 Å². The summed E-state index contributed by atoms with van der Waals surface area (Å²) in [6.07, 6.45) is 2.63. The Balaban J connectivity index is 1.80. The van der Waals surface area contributed by atoms with Crippen LogP contribution in [0.1, 0.15) is 26.7 Å². The van der Waals surface area contributed by atoms with E-state index in [0.717, 1.165) is 43.5 Å². The first-order valence-electron chi connectivity index (χ1n) is 13.6. The molecular formula is C34H34O6S. The van der Waals surface area contributed by atoms with Crippen molar-refractivity contribution >= 4 is 45.2 Å². The Morgan fingerprint density at radius 3 is 1.68 bits per heavy atom. The van der Waals surface area contributed by atoms with E-state index in [0.29, 0.717) is 24.3 Å². The first kappa shape index (κ1) is 29.7. The van der Waals surface area contributed by atoms with Crippen LogP contribution in [0.25, 0.3) is 21.5 Å². The lowest BCUT2D eigenvalue weighted by Crippen LogP contribution is -2.24. The van der Waals surface area contributed by atoms with Crippen LogP contribution in [0.5, 0.6) is 11.5 Å². The lowest BCUT2D eigenvalue weighted by molar-refractivity contribution is -0.145. The molecule has 0 aromatic heterocycles. The SMILES string of the molecule is C=CC(=O)OC(CC)COc1c2ccccc2c(OCC(CC)OC(=O)C=C)c2cc(Sc3ccccc3)ccc12. The van der Waals surface area contributed by atoms with Gasteiger partial charge in [0.05, 0.1) is 0 Å². The number of fused-ring (bicyclic) bond motifs is 2. The van der Waals surface area contributed by atoms with Crippen LogP contribution in [-0.2, 0) is 19.1 Å². The number of rotatable bonds is 14. The Labute approximate surface area is 244 Å². The zero-order chi connectivity index (χ0) is 29.2. The Morgan fingerprint density at radius 1 is 0.683 bits per heavy atom. The van der Waals surface area contributed by atoms with Crippen molar-refractivity contribution in [1.29, 1.82) is 0 Å². The highest BCUT2D eigenvalue weighted by Crippen LogP contribution is 2.45. The normalized spacial score (nSPS) is 12.3. The number of carbonyl (C=O) groups is 2. The van der Waals surface area contributed by atoms with E-state index in [1.54, 1.807) is 11.8 Å². The van der Waals surface area contributed by atoms with E-state index in [1.165, 1.54) is 0 Å². The van der Waals surface area contributed by atoms with Gasteiger partial charge in [0.2, 0.25) is 0 Å². The number of hydrogen-bond acceptors (Lipinski definition) is 7. The van der Waals surface area contributed by atoms with E-state index in [-0.39, 0.29) is 13.2 Å². The minimum Gasteiger partial charge on any atom is -0.488 e. The topological polar surface area (TPSA) is 71.1 Å². The Bertz CT molecular complexity index is 1530. The molecule has 4 aromatic rings. The van der Waals surface area contributed by atoms with Crippen molar-refractivity contribution in [2.75, 3.05) is 13.2 Å². The van der Waals surface area contributed by atoms with Crippen LogP contribution in [0.4, 0.5) is 0 Å². The molecule has 0 aliphatic carbocycles. The van der Waals surface area contributed by atoms with Crippen molar-refractivity contribution in [2.45, 2.75) is 48.7 Å². The molecule has 0 fully saturated rings. The van der Waals surface area contributed by atoms with Crippen LogP contribution in [0.2, 0.25) is 0 Å². The smallest absolute Gasteiger partial charge is 0.330 e. The van der Waals surface area contributed by atoms with Gasteiger partial charge in [0, 0.05) is 43.5 Å². The molecule has 0 heterocycles. The standard InChI is InChI=1S/C34H34O6S/c1-5-23(39-31(35)7-3)21-37-33-27-16-12-13-17-28(27)34(38-22-24(6-2)40-32(36)8-4)30-20-26(18-19-29(30)33)41-25-14-10-9-11-15-25/h7-20,23-24H,3-6,21-22H2,1-2H3. The number of benzene rings is 4. The molecule has 212 valence electrons. The number of hydrogen-bond donors (Lipinski definition) is 0. The van der Waals surface area contributed by atoms with Crippen LogP contribution in [0, 0.1) is 0 Å². The quantitative estimate of drug-likeness (QED) is 0.0866. The second-order valence-electron chi connectivity index (χ2n) is 9.29. The Hall–Kier alpha value is -4.23. The fraction of sp³-hybridized carbons (Fsp3) is 0.235. The molecule has 0 bridgehead atoms. The van der Waals surface area contributed by atoms with E-state index >= 15 is 0 Å².